The van der Waals surface area contributed by atoms with Crippen LogP contribution in [0.1, 0.15) is 35.0 Å². The van der Waals surface area contributed by atoms with Crippen molar-refractivity contribution in [3.8, 4) is 28.2 Å². The van der Waals surface area contributed by atoms with E-state index in [4.69, 9.17) is 21.4 Å². The molecule has 0 spiro atoms. The highest BCUT2D eigenvalue weighted by atomic mass is 32.1. The number of aromatic carboxylic acids is 1. The molecule has 22 heteroatoms. The van der Waals surface area contributed by atoms with E-state index in [-0.39, 0.29) is 47.3 Å². The minimum atomic E-state index is -5.65. The van der Waals surface area contributed by atoms with Crippen LogP contribution in [0.2, 0.25) is 0 Å². The molecule has 6 rings (SSSR count). The Balaban J connectivity index is 1.04. The van der Waals surface area contributed by atoms with E-state index in [1.165, 1.54) is 36.4 Å². The number of phenols is 1. The molecule has 0 bridgehead atoms. The van der Waals surface area contributed by atoms with E-state index in [9.17, 15) is 58.5 Å². The van der Waals surface area contributed by atoms with Gasteiger partial charge in [0.15, 0.2) is 11.7 Å². The number of aromatic nitrogens is 2. The molecule has 1 fully saturated rings. The Bertz CT molecular complexity index is 2570. The second-order valence-corrected chi connectivity index (χ2v) is 16.0. The van der Waals surface area contributed by atoms with Gasteiger partial charge >= 0.3 is 11.7 Å². The van der Waals surface area contributed by atoms with Crippen LogP contribution >= 0.6 is 27.9 Å². The SMILES string of the molecule is O=C(O)c1cc(CC(=S)CCCOP(=O)([O-])OP(=O)([O-])OCC2OC(n3ccc(=O)[nH]c3=O)C(O)C2O)ccc1-c1c2ccc(=O)cc-2oc2cc(O)ccc12. The molecule has 1 aromatic heterocycles. The monoisotopic (exact) mass is 832 g/mol. The number of phosphoric acid groups is 2. The number of carbonyl (C=O) groups is 1. The molecule has 3 aromatic rings. The molecule has 1 aliphatic carbocycles. The summed E-state index contributed by atoms with van der Waals surface area (Å²) in [6.07, 6.45) is -5.53. The molecular weight excluding hydrogens is 802 g/mol. The van der Waals surface area contributed by atoms with Crippen LogP contribution in [0.4, 0.5) is 0 Å². The molecular formula is C34H30N2O17P2S-2. The van der Waals surface area contributed by atoms with E-state index in [2.05, 4.69) is 13.4 Å². The molecule has 3 heterocycles. The average molecular weight is 833 g/mol. The van der Waals surface area contributed by atoms with Gasteiger partial charge in [0.05, 0.1) is 18.8 Å². The zero-order valence-electron chi connectivity index (χ0n) is 28.5. The number of nitrogens with zero attached hydrogens (tertiary/aromatic N) is 1. The molecule has 6 unspecified atom stereocenters. The summed E-state index contributed by atoms with van der Waals surface area (Å²) in [5.41, 5.74) is -0.209. The van der Waals surface area contributed by atoms with Gasteiger partial charge in [-0.05, 0) is 59.2 Å². The number of phosphoric ester groups is 2. The van der Waals surface area contributed by atoms with E-state index >= 15 is 0 Å². The number of phenolic OH excluding ortho intramolecular Hbond substituents is 1. The van der Waals surface area contributed by atoms with Crippen LogP contribution < -0.4 is 26.5 Å². The van der Waals surface area contributed by atoms with Crippen molar-refractivity contribution in [2.45, 2.75) is 43.8 Å². The molecule has 1 saturated heterocycles. The van der Waals surface area contributed by atoms with Gasteiger partial charge in [0, 0.05) is 47.3 Å². The van der Waals surface area contributed by atoms with Crippen molar-refractivity contribution >= 4 is 49.7 Å². The van der Waals surface area contributed by atoms with Gasteiger partial charge in [0.1, 0.15) is 35.4 Å². The topological polar surface area (TPSA) is 300 Å². The van der Waals surface area contributed by atoms with Crippen LogP contribution in [0.3, 0.4) is 0 Å². The van der Waals surface area contributed by atoms with Crippen LogP contribution in [0.15, 0.2) is 85.7 Å². The lowest BCUT2D eigenvalue weighted by molar-refractivity contribution is -0.245. The largest absolute Gasteiger partial charge is 0.756 e. The second kappa shape index (κ2) is 16.4. The van der Waals surface area contributed by atoms with E-state index in [0.29, 0.717) is 32.5 Å². The maximum atomic E-state index is 12.5. The zero-order chi connectivity index (χ0) is 40.5. The number of carboxylic acid groups (broad SMARTS) is 1. The maximum Gasteiger partial charge on any atom is 0.336 e. The quantitative estimate of drug-likeness (QED) is 0.0435. The number of benzene rings is 3. The highest BCUT2D eigenvalue weighted by molar-refractivity contribution is 7.80. The number of aliphatic hydroxyl groups is 2. The van der Waals surface area contributed by atoms with Crippen molar-refractivity contribution in [3.05, 3.63) is 109 Å². The summed E-state index contributed by atoms with van der Waals surface area (Å²) in [6.45, 7) is -1.60. The predicted molar refractivity (Wildman–Crippen MR) is 194 cm³/mol. The number of aliphatic hydroxyl groups excluding tert-OH is 2. The fourth-order valence-electron chi connectivity index (χ4n) is 6.07. The van der Waals surface area contributed by atoms with Crippen molar-refractivity contribution in [1.29, 1.82) is 0 Å². The summed E-state index contributed by atoms with van der Waals surface area (Å²) < 4.78 is 49.7. The number of nitrogens with one attached hydrogen (secondary N) is 1. The van der Waals surface area contributed by atoms with E-state index < -0.39 is 70.6 Å². The molecule has 296 valence electrons. The first kappa shape index (κ1) is 41.0. The summed E-state index contributed by atoms with van der Waals surface area (Å²) in [5.74, 6) is -1.17. The first-order valence-electron chi connectivity index (χ1n) is 16.4. The van der Waals surface area contributed by atoms with Crippen molar-refractivity contribution < 1.29 is 66.6 Å². The number of fused-ring (bicyclic) bond motifs is 2. The normalized spacial score (nSPS) is 20.5. The van der Waals surface area contributed by atoms with Crippen LogP contribution in [0.5, 0.6) is 5.75 Å². The summed E-state index contributed by atoms with van der Waals surface area (Å²) in [4.78, 5) is 74.8. The zero-order valence-corrected chi connectivity index (χ0v) is 31.1. The Hall–Kier alpha value is -4.69. The molecule has 0 saturated carbocycles. The molecule has 3 aliphatic rings. The van der Waals surface area contributed by atoms with Gasteiger partial charge in [-0.25, -0.2) is 13.9 Å². The molecule has 56 heavy (non-hydrogen) atoms. The smallest absolute Gasteiger partial charge is 0.336 e. The predicted octanol–water partition coefficient (Wildman–Crippen LogP) is 1.82. The molecule has 5 N–H and O–H groups in total. The first-order valence-corrected chi connectivity index (χ1v) is 19.8. The summed E-state index contributed by atoms with van der Waals surface area (Å²) >= 11 is 5.43. The third-order valence-corrected chi connectivity index (χ3v) is 11.5. The van der Waals surface area contributed by atoms with Crippen molar-refractivity contribution in [2.75, 3.05) is 13.2 Å². The lowest BCUT2D eigenvalue weighted by Gasteiger charge is -2.31. The van der Waals surface area contributed by atoms with Gasteiger partial charge in [0.25, 0.3) is 21.2 Å². The van der Waals surface area contributed by atoms with Crippen LogP contribution in [0, 0.1) is 0 Å². The number of thiocarbonyl (C=S) groups is 1. The highest BCUT2D eigenvalue weighted by Crippen LogP contribution is 2.56. The molecule has 0 radical (unpaired) electrons. The minimum absolute atomic E-state index is 0.0200. The van der Waals surface area contributed by atoms with Gasteiger partial charge in [-0.3, -0.25) is 28.3 Å². The van der Waals surface area contributed by atoms with Crippen molar-refractivity contribution in [1.82, 2.24) is 9.55 Å². The van der Waals surface area contributed by atoms with Gasteiger partial charge in [-0.2, -0.15) is 0 Å². The molecule has 19 nitrogen and oxygen atoms in total. The maximum absolute atomic E-state index is 12.5. The lowest BCUT2D eigenvalue weighted by Crippen LogP contribution is -2.37. The molecule has 2 aromatic carbocycles. The van der Waals surface area contributed by atoms with Gasteiger partial charge < -0.3 is 48.4 Å². The summed E-state index contributed by atoms with van der Waals surface area (Å²) in [6, 6.07) is 14.0. The Morgan fingerprint density at radius 2 is 1.68 bits per heavy atom. The Kier molecular flexibility index (Phi) is 12.0. The third-order valence-electron chi connectivity index (χ3n) is 8.57. The fraction of sp³-hybridized carbons (Fsp3) is 0.265. The number of rotatable bonds is 15. The standard InChI is InChI=1S/C34H32N2O17P2S/c37-18-4-7-22-25(14-18)51-26-15-19(38)5-8-23(26)29(22)21-6-3-17(13-24(21)33(42)43)12-20(56)2-1-11-49-54(45,46)53-55(47,48)50-16-27-30(40)31(41)32(52-27)36-10-9-28(39)35-34(36)44/h3-10,13-15,27,30-32,37,40-41H,1-2,11-12,16H2,(H,42,43)(H,45,46)(H,47,48)(H,35,39,44)/p-2. The number of ether oxygens (including phenoxy) is 1. The number of H-pyrrole nitrogens is 1. The third kappa shape index (κ3) is 9.29. The van der Waals surface area contributed by atoms with Crippen LogP contribution in [-0.4, -0.2) is 72.3 Å². The van der Waals surface area contributed by atoms with E-state index in [1.54, 1.807) is 18.2 Å². The van der Waals surface area contributed by atoms with E-state index in [0.717, 1.165) is 16.8 Å². The number of carboxylic acids is 1. The van der Waals surface area contributed by atoms with E-state index in [1.807, 2.05) is 4.98 Å². The van der Waals surface area contributed by atoms with Gasteiger partial charge in [0.2, 0.25) is 0 Å². The Labute approximate surface area is 319 Å². The number of hydrogen-bond acceptors (Lipinski definition) is 17. The van der Waals surface area contributed by atoms with Gasteiger partial charge in [-0.15, -0.1) is 0 Å². The Morgan fingerprint density at radius 3 is 2.41 bits per heavy atom. The Morgan fingerprint density at radius 1 is 0.946 bits per heavy atom. The van der Waals surface area contributed by atoms with Crippen molar-refractivity contribution in [3.63, 3.8) is 0 Å². The highest BCUT2D eigenvalue weighted by Gasteiger charge is 2.44. The average Bonchev–Trinajstić information content (AvgIpc) is 3.39. The summed E-state index contributed by atoms with van der Waals surface area (Å²) in [7, 11) is -11.2. The molecule has 6 atom stereocenters. The van der Waals surface area contributed by atoms with Gasteiger partial charge in [-0.1, -0.05) is 24.4 Å². The first-order chi connectivity index (χ1) is 26.4. The molecule has 2 aliphatic heterocycles. The lowest BCUT2D eigenvalue weighted by atomic mass is 9.89. The second-order valence-electron chi connectivity index (χ2n) is 12.5. The number of aromatic hydroxyl groups is 1. The van der Waals surface area contributed by atoms with Crippen molar-refractivity contribution in [2.24, 2.45) is 0 Å². The number of hydrogen-bond donors (Lipinski definition) is 5. The molecule has 0 amide bonds. The van der Waals surface area contributed by atoms with Crippen LogP contribution in [-0.2, 0) is 33.6 Å². The minimum Gasteiger partial charge on any atom is -0.756 e. The summed E-state index contributed by atoms with van der Waals surface area (Å²) in [5, 5.41) is 41.2. The fourth-order valence-corrected chi connectivity index (χ4v) is 8.42. The number of aromatic amines is 1. The van der Waals surface area contributed by atoms with Crippen LogP contribution in [0.25, 0.3) is 33.4 Å².